The van der Waals surface area contributed by atoms with E-state index >= 15 is 0 Å². The Kier molecular flexibility index (Phi) is 6.92. The van der Waals surface area contributed by atoms with Crippen molar-refractivity contribution in [3.05, 3.63) is 48.2 Å². The van der Waals surface area contributed by atoms with E-state index < -0.39 is 24.5 Å². The Morgan fingerprint density at radius 2 is 2.14 bits per heavy atom. The van der Waals surface area contributed by atoms with Crippen LogP contribution in [0.25, 0.3) is 11.0 Å². The summed E-state index contributed by atoms with van der Waals surface area (Å²) in [6.07, 6.45) is -1.96. The van der Waals surface area contributed by atoms with Crippen molar-refractivity contribution < 1.29 is 29.3 Å². The number of aliphatic hydroxyl groups is 2. The molecule has 2 aliphatic rings. The Labute approximate surface area is 210 Å². The van der Waals surface area contributed by atoms with Gasteiger partial charge in [-0.3, -0.25) is 20.0 Å². The molecule has 2 aromatic heterocycles. The van der Waals surface area contributed by atoms with E-state index in [9.17, 15) is 19.8 Å². The standard InChI is InChI=1S/C24H25N5O6S/c1-34-22-5-3-15-23(28-22)13(6-7-25-15)10-26-20(31)9-17(30)18-11-29(24(33)35-18)14-2-4-19-16(8-14)27-21(32)12-36-19/h2-8,17-18,20,26,30-31H,9-12H2,1H3,(H,27,32)/t17-,18?,20+/m0/s1. The Morgan fingerprint density at radius 3 is 2.97 bits per heavy atom. The van der Waals surface area contributed by atoms with E-state index in [4.69, 9.17) is 9.47 Å². The quantitative estimate of drug-likeness (QED) is 0.331. The van der Waals surface area contributed by atoms with Crippen molar-refractivity contribution >= 4 is 46.2 Å². The van der Waals surface area contributed by atoms with Crippen LogP contribution in [0.15, 0.2) is 47.5 Å². The maximum Gasteiger partial charge on any atom is 0.414 e. The summed E-state index contributed by atoms with van der Waals surface area (Å²) in [4.78, 5) is 35.2. The zero-order valence-corrected chi connectivity index (χ0v) is 20.2. The first kappa shape index (κ1) is 24.3. The normalized spacial score (nSPS) is 19.0. The smallest absolute Gasteiger partial charge is 0.414 e. The number of nitrogens with one attached hydrogen (secondary N) is 2. The molecule has 5 rings (SSSR count). The van der Waals surface area contributed by atoms with E-state index in [1.807, 2.05) is 6.07 Å². The highest BCUT2D eigenvalue weighted by molar-refractivity contribution is 8.00. The lowest BCUT2D eigenvalue weighted by molar-refractivity contribution is -0.113. The zero-order valence-electron chi connectivity index (χ0n) is 19.4. The summed E-state index contributed by atoms with van der Waals surface area (Å²) in [7, 11) is 1.53. The van der Waals surface area contributed by atoms with Gasteiger partial charge in [-0.15, -0.1) is 11.8 Å². The number of fused-ring (bicyclic) bond motifs is 2. The van der Waals surface area contributed by atoms with Gasteiger partial charge in [-0.1, -0.05) is 0 Å². The third kappa shape index (κ3) is 5.07. The molecule has 0 bridgehead atoms. The SMILES string of the molecule is COc1ccc2nccc(CN[C@H](O)C[C@H](O)C3CN(c4ccc5c(c4)NC(=O)CS5)C(=O)O3)c2n1. The molecule has 188 valence electrons. The van der Waals surface area contributed by atoms with Gasteiger partial charge >= 0.3 is 6.09 Å². The van der Waals surface area contributed by atoms with Crippen LogP contribution in [0.4, 0.5) is 16.2 Å². The molecule has 4 heterocycles. The number of methoxy groups -OCH3 is 1. The second-order valence-electron chi connectivity index (χ2n) is 8.44. The molecule has 12 heteroatoms. The van der Waals surface area contributed by atoms with Crippen molar-refractivity contribution in [1.29, 1.82) is 0 Å². The third-order valence-electron chi connectivity index (χ3n) is 6.02. The van der Waals surface area contributed by atoms with Crippen LogP contribution in [0.1, 0.15) is 12.0 Å². The average Bonchev–Trinajstić information content (AvgIpc) is 3.28. The van der Waals surface area contributed by atoms with Crippen LogP contribution < -0.4 is 20.3 Å². The van der Waals surface area contributed by atoms with Gasteiger partial charge in [0, 0.05) is 35.8 Å². The van der Waals surface area contributed by atoms with Crippen molar-refractivity contribution in [2.45, 2.75) is 36.3 Å². The van der Waals surface area contributed by atoms with Crippen molar-refractivity contribution in [3.8, 4) is 5.88 Å². The average molecular weight is 512 g/mol. The van der Waals surface area contributed by atoms with E-state index in [2.05, 4.69) is 20.6 Å². The monoisotopic (exact) mass is 511 g/mol. The van der Waals surface area contributed by atoms with E-state index in [1.165, 1.54) is 23.8 Å². The fraction of sp³-hybridized carbons (Fsp3) is 0.333. The van der Waals surface area contributed by atoms with Crippen LogP contribution in [0.3, 0.4) is 0 Å². The highest BCUT2D eigenvalue weighted by Crippen LogP contribution is 2.35. The number of thioether (sulfide) groups is 1. The summed E-state index contributed by atoms with van der Waals surface area (Å²) >= 11 is 1.43. The summed E-state index contributed by atoms with van der Waals surface area (Å²) in [6.45, 7) is 0.397. The van der Waals surface area contributed by atoms with E-state index in [1.54, 1.807) is 36.5 Å². The minimum absolute atomic E-state index is 0.0531. The fourth-order valence-corrected chi connectivity index (χ4v) is 4.93. The molecule has 1 saturated heterocycles. The molecular weight excluding hydrogens is 486 g/mol. The molecule has 2 amide bonds. The number of pyridine rings is 2. The van der Waals surface area contributed by atoms with E-state index in [0.717, 1.165) is 10.5 Å². The number of carbonyl (C=O) groups excluding carboxylic acids is 2. The molecule has 1 aromatic carbocycles. The maximum absolute atomic E-state index is 12.5. The first-order valence-electron chi connectivity index (χ1n) is 11.3. The van der Waals surface area contributed by atoms with Gasteiger partial charge in [0.15, 0.2) is 0 Å². The molecule has 4 N–H and O–H groups in total. The molecule has 0 aliphatic carbocycles. The second-order valence-corrected chi connectivity index (χ2v) is 9.46. The number of cyclic esters (lactones) is 1. The van der Waals surface area contributed by atoms with Gasteiger partial charge in [0.2, 0.25) is 11.8 Å². The van der Waals surface area contributed by atoms with Gasteiger partial charge in [-0.25, -0.2) is 9.78 Å². The summed E-state index contributed by atoms with van der Waals surface area (Å²) in [5.41, 5.74) is 3.35. The second kappa shape index (κ2) is 10.3. The summed E-state index contributed by atoms with van der Waals surface area (Å²) in [5.74, 6) is 0.712. The van der Waals surface area contributed by atoms with Crippen molar-refractivity contribution in [2.75, 3.05) is 29.6 Å². The highest BCUT2D eigenvalue weighted by Gasteiger charge is 2.37. The fourth-order valence-electron chi connectivity index (χ4n) is 4.14. The number of aromatic nitrogens is 2. The number of ether oxygens (including phenoxy) is 2. The molecule has 1 fully saturated rings. The molecule has 11 nitrogen and oxygen atoms in total. The Morgan fingerprint density at radius 1 is 1.28 bits per heavy atom. The maximum atomic E-state index is 12.5. The first-order chi connectivity index (χ1) is 17.4. The lowest BCUT2D eigenvalue weighted by Crippen LogP contribution is -2.38. The summed E-state index contributed by atoms with van der Waals surface area (Å²) < 4.78 is 10.6. The number of benzene rings is 1. The Bertz CT molecular complexity index is 1310. The number of hydrogen-bond acceptors (Lipinski definition) is 10. The number of aliphatic hydroxyl groups excluding tert-OH is 2. The van der Waals surface area contributed by atoms with Crippen LogP contribution in [0.5, 0.6) is 5.88 Å². The minimum Gasteiger partial charge on any atom is -0.481 e. The molecule has 36 heavy (non-hydrogen) atoms. The number of anilines is 2. The van der Waals surface area contributed by atoms with Gasteiger partial charge in [0.1, 0.15) is 12.3 Å². The number of carbonyl (C=O) groups is 2. The lowest BCUT2D eigenvalue weighted by atomic mass is 10.1. The van der Waals surface area contributed by atoms with E-state index in [0.29, 0.717) is 34.0 Å². The largest absolute Gasteiger partial charge is 0.481 e. The van der Waals surface area contributed by atoms with E-state index in [-0.39, 0.29) is 25.4 Å². The van der Waals surface area contributed by atoms with Gasteiger partial charge in [-0.2, -0.15) is 0 Å². The third-order valence-corrected chi connectivity index (χ3v) is 7.09. The molecule has 3 aromatic rings. The molecule has 1 unspecified atom stereocenters. The summed E-state index contributed by atoms with van der Waals surface area (Å²) in [5, 5.41) is 26.9. The summed E-state index contributed by atoms with van der Waals surface area (Å²) in [6, 6.07) is 10.7. The molecule has 0 saturated carbocycles. The molecular formula is C24H25N5O6S. The number of hydrogen-bond donors (Lipinski definition) is 4. The number of rotatable bonds is 8. The van der Waals surface area contributed by atoms with Gasteiger partial charge in [0.05, 0.1) is 42.2 Å². The predicted molar refractivity (Wildman–Crippen MR) is 133 cm³/mol. The highest BCUT2D eigenvalue weighted by atomic mass is 32.2. The minimum atomic E-state index is -1.10. The van der Waals surface area contributed by atoms with Crippen LogP contribution >= 0.6 is 11.8 Å². The van der Waals surface area contributed by atoms with Crippen LogP contribution in [0.2, 0.25) is 0 Å². The topological polar surface area (TPSA) is 146 Å². The Hall–Kier alpha value is -3.45. The van der Waals surface area contributed by atoms with Crippen LogP contribution in [-0.2, 0) is 16.1 Å². The zero-order chi connectivity index (χ0) is 25.2. The lowest BCUT2D eigenvalue weighted by Gasteiger charge is -2.21. The van der Waals surface area contributed by atoms with Crippen molar-refractivity contribution in [2.24, 2.45) is 0 Å². The number of amides is 2. The predicted octanol–water partition coefficient (Wildman–Crippen LogP) is 1.87. The number of nitrogens with zero attached hydrogens (tertiary/aromatic N) is 3. The van der Waals surface area contributed by atoms with Gasteiger partial charge in [-0.05, 0) is 35.9 Å². The van der Waals surface area contributed by atoms with Crippen LogP contribution in [-0.4, -0.2) is 70.0 Å². The molecule has 0 radical (unpaired) electrons. The van der Waals surface area contributed by atoms with Gasteiger partial charge < -0.3 is 25.0 Å². The molecule has 3 atom stereocenters. The Balaban J connectivity index is 1.19. The first-order valence-corrected chi connectivity index (χ1v) is 12.3. The molecule has 0 spiro atoms. The van der Waals surface area contributed by atoms with Crippen LogP contribution in [0, 0.1) is 0 Å². The van der Waals surface area contributed by atoms with Gasteiger partial charge in [0.25, 0.3) is 0 Å². The van der Waals surface area contributed by atoms with Crippen molar-refractivity contribution in [1.82, 2.24) is 15.3 Å². The molecule has 2 aliphatic heterocycles. The van der Waals surface area contributed by atoms with Crippen molar-refractivity contribution in [3.63, 3.8) is 0 Å².